The Morgan fingerprint density at radius 1 is 1.44 bits per heavy atom. The van der Waals surface area contributed by atoms with Crippen molar-refractivity contribution in [1.29, 1.82) is 0 Å². The number of phenolic OH excluding ortho intramolecular Hbond substituents is 1. The van der Waals surface area contributed by atoms with Crippen LogP contribution >= 0.6 is 0 Å². The van der Waals surface area contributed by atoms with Crippen LogP contribution in [0.5, 0.6) is 5.75 Å². The van der Waals surface area contributed by atoms with Crippen LogP contribution in [0.1, 0.15) is 24.2 Å². The van der Waals surface area contributed by atoms with Gasteiger partial charge in [0.2, 0.25) is 0 Å². The Morgan fingerprint density at radius 3 is 2.89 bits per heavy atom. The molecule has 0 aliphatic heterocycles. The van der Waals surface area contributed by atoms with Crippen molar-refractivity contribution in [2.45, 2.75) is 19.5 Å². The van der Waals surface area contributed by atoms with E-state index in [0.29, 0.717) is 12.1 Å². The summed E-state index contributed by atoms with van der Waals surface area (Å²) in [5.41, 5.74) is 1.58. The maximum Gasteiger partial charge on any atom is 0.123 e. The van der Waals surface area contributed by atoms with E-state index in [-0.39, 0.29) is 17.6 Å². The summed E-state index contributed by atoms with van der Waals surface area (Å²) in [5.74, 6) is -0.251. The molecule has 96 valence electrons. The molecule has 0 fully saturated rings. The number of nitrogens with zero attached hydrogens (tertiary/aromatic N) is 2. The predicted octanol–water partition coefficient (Wildman–Crippen LogP) is 2.12. The lowest BCUT2D eigenvalue weighted by Crippen LogP contribution is -2.20. The molecule has 1 atom stereocenters. The first-order chi connectivity index (χ1) is 8.58. The minimum absolute atomic E-state index is 0.0985. The summed E-state index contributed by atoms with van der Waals surface area (Å²) in [6, 6.07) is 5.72. The normalized spacial score (nSPS) is 12.6. The first kappa shape index (κ1) is 12.6. The van der Waals surface area contributed by atoms with Crippen LogP contribution in [-0.2, 0) is 13.6 Å². The van der Waals surface area contributed by atoms with Crippen LogP contribution in [0.25, 0.3) is 0 Å². The second-order valence-corrected chi connectivity index (χ2v) is 4.25. The molecule has 0 saturated heterocycles. The maximum atomic E-state index is 13.1. The molecule has 0 saturated carbocycles. The molecule has 0 radical (unpaired) electrons. The molecule has 1 aromatic heterocycles. The third kappa shape index (κ3) is 2.68. The van der Waals surface area contributed by atoms with Gasteiger partial charge < -0.3 is 10.4 Å². The first-order valence-electron chi connectivity index (χ1n) is 5.76. The van der Waals surface area contributed by atoms with Crippen molar-refractivity contribution >= 4 is 0 Å². The van der Waals surface area contributed by atoms with Gasteiger partial charge in [-0.3, -0.25) is 4.68 Å². The van der Waals surface area contributed by atoms with Crippen LogP contribution in [0.2, 0.25) is 0 Å². The third-order valence-corrected chi connectivity index (χ3v) is 2.97. The number of aryl methyl sites for hydroxylation is 1. The molecular formula is C13H16FN3O. The van der Waals surface area contributed by atoms with E-state index in [0.717, 1.165) is 5.69 Å². The fourth-order valence-corrected chi connectivity index (χ4v) is 1.81. The van der Waals surface area contributed by atoms with Crippen molar-refractivity contribution in [3.05, 3.63) is 47.5 Å². The van der Waals surface area contributed by atoms with Gasteiger partial charge in [-0.2, -0.15) is 5.10 Å². The van der Waals surface area contributed by atoms with Crippen LogP contribution < -0.4 is 5.32 Å². The van der Waals surface area contributed by atoms with E-state index in [9.17, 15) is 9.50 Å². The van der Waals surface area contributed by atoms with Gasteiger partial charge in [0.15, 0.2) is 0 Å². The smallest absolute Gasteiger partial charge is 0.123 e. The van der Waals surface area contributed by atoms with E-state index < -0.39 is 0 Å². The zero-order valence-electron chi connectivity index (χ0n) is 10.4. The highest BCUT2D eigenvalue weighted by Crippen LogP contribution is 2.24. The van der Waals surface area contributed by atoms with E-state index in [1.807, 2.05) is 20.0 Å². The first-order valence-corrected chi connectivity index (χ1v) is 5.76. The van der Waals surface area contributed by atoms with Gasteiger partial charge in [-0.1, -0.05) is 0 Å². The minimum atomic E-state index is -0.350. The Morgan fingerprint density at radius 2 is 2.22 bits per heavy atom. The number of aromatic nitrogens is 2. The van der Waals surface area contributed by atoms with E-state index >= 15 is 0 Å². The van der Waals surface area contributed by atoms with Crippen molar-refractivity contribution in [2.75, 3.05) is 0 Å². The van der Waals surface area contributed by atoms with Crippen LogP contribution in [-0.4, -0.2) is 14.9 Å². The van der Waals surface area contributed by atoms with Crippen LogP contribution in [0.15, 0.2) is 30.5 Å². The number of nitrogens with one attached hydrogen (secondary N) is 1. The number of benzene rings is 1. The molecule has 5 heteroatoms. The Kier molecular flexibility index (Phi) is 3.62. The van der Waals surface area contributed by atoms with E-state index in [1.165, 1.54) is 18.2 Å². The van der Waals surface area contributed by atoms with Gasteiger partial charge >= 0.3 is 0 Å². The van der Waals surface area contributed by atoms with Gasteiger partial charge in [0.05, 0.1) is 5.69 Å². The molecule has 18 heavy (non-hydrogen) atoms. The molecule has 0 spiro atoms. The Bertz CT molecular complexity index is 539. The molecule has 0 aliphatic rings. The fourth-order valence-electron chi connectivity index (χ4n) is 1.81. The highest BCUT2D eigenvalue weighted by Gasteiger charge is 2.11. The zero-order chi connectivity index (χ0) is 13.1. The largest absolute Gasteiger partial charge is 0.508 e. The standard InChI is InChI=1S/C13H16FN3O/c1-9(12-7-10(14)3-4-13(12)18)15-8-11-5-6-16-17(11)2/h3-7,9,15,18H,8H2,1-2H3. The summed E-state index contributed by atoms with van der Waals surface area (Å²) in [6.07, 6.45) is 1.72. The molecule has 1 heterocycles. The number of hydrogen-bond donors (Lipinski definition) is 2. The van der Waals surface area contributed by atoms with E-state index in [4.69, 9.17) is 0 Å². The topological polar surface area (TPSA) is 50.1 Å². The quantitative estimate of drug-likeness (QED) is 0.872. The van der Waals surface area contributed by atoms with Gasteiger partial charge in [0.25, 0.3) is 0 Å². The summed E-state index contributed by atoms with van der Waals surface area (Å²) in [4.78, 5) is 0. The fraction of sp³-hybridized carbons (Fsp3) is 0.308. The van der Waals surface area contributed by atoms with Crippen molar-refractivity contribution < 1.29 is 9.50 Å². The monoisotopic (exact) mass is 249 g/mol. The summed E-state index contributed by atoms with van der Waals surface area (Å²) >= 11 is 0. The lowest BCUT2D eigenvalue weighted by molar-refractivity contribution is 0.447. The summed E-state index contributed by atoms with van der Waals surface area (Å²) in [7, 11) is 1.86. The summed E-state index contributed by atoms with van der Waals surface area (Å²) in [5, 5.41) is 17.0. The average Bonchev–Trinajstić information content (AvgIpc) is 2.75. The molecule has 2 N–H and O–H groups in total. The molecule has 2 aromatic rings. The Hall–Kier alpha value is -1.88. The molecule has 0 amide bonds. The highest BCUT2D eigenvalue weighted by molar-refractivity contribution is 5.34. The number of halogens is 1. The van der Waals surface area contributed by atoms with Crippen LogP contribution in [0.4, 0.5) is 4.39 Å². The predicted molar refractivity (Wildman–Crippen MR) is 66.5 cm³/mol. The van der Waals surface area contributed by atoms with Crippen molar-refractivity contribution in [3.63, 3.8) is 0 Å². The second-order valence-electron chi connectivity index (χ2n) is 4.25. The third-order valence-electron chi connectivity index (χ3n) is 2.97. The molecule has 0 bridgehead atoms. The molecule has 1 unspecified atom stereocenters. The van der Waals surface area contributed by atoms with Crippen molar-refractivity contribution in [3.8, 4) is 5.75 Å². The SMILES string of the molecule is CC(NCc1ccnn1C)c1cc(F)ccc1O. The number of hydrogen-bond acceptors (Lipinski definition) is 3. The number of phenols is 1. The molecule has 0 aliphatic carbocycles. The van der Waals surface area contributed by atoms with Gasteiger partial charge in [-0.05, 0) is 31.2 Å². The minimum Gasteiger partial charge on any atom is -0.508 e. The van der Waals surface area contributed by atoms with Gasteiger partial charge in [0.1, 0.15) is 11.6 Å². The van der Waals surface area contributed by atoms with Gasteiger partial charge in [-0.25, -0.2) is 4.39 Å². The van der Waals surface area contributed by atoms with Crippen LogP contribution in [0, 0.1) is 5.82 Å². The van der Waals surface area contributed by atoms with Gasteiger partial charge in [0, 0.05) is 31.4 Å². The van der Waals surface area contributed by atoms with Crippen LogP contribution in [0.3, 0.4) is 0 Å². The summed E-state index contributed by atoms with van der Waals surface area (Å²) in [6.45, 7) is 2.48. The Labute approximate surface area is 105 Å². The van der Waals surface area contributed by atoms with Crippen molar-refractivity contribution in [2.24, 2.45) is 7.05 Å². The molecular weight excluding hydrogens is 233 g/mol. The zero-order valence-corrected chi connectivity index (χ0v) is 10.4. The Balaban J connectivity index is 2.06. The van der Waals surface area contributed by atoms with Gasteiger partial charge in [-0.15, -0.1) is 0 Å². The van der Waals surface area contributed by atoms with E-state index in [1.54, 1.807) is 10.9 Å². The maximum absolute atomic E-state index is 13.1. The van der Waals surface area contributed by atoms with Crippen molar-refractivity contribution in [1.82, 2.24) is 15.1 Å². The lowest BCUT2D eigenvalue weighted by Gasteiger charge is -2.15. The number of aromatic hydroxyl groups is 1. The molecule has 2 rings (SSSR count). The lowest BCUT2D eigenvalue weighted by atomic mass is 10.1. The van der Waals surface area contributed by atoms with E-state index in [2.05, 4.69) is 10.4 Å². The highest BCUT2D eigenvalue weighted by atomic mass is 19.1. The number of rotatable bonds is 4. The molecule has 4 nitrogen and oxygen atoms in total. The molecule has 1 aromatic carbocycles. The summed E-state index contributed by atoms with van der Waals surface area (Å²) < 4.78 is 14.9. The average molecular weight is 249 g/mol. The second kappa shape index (κ2) is 5.18.